The highest BCUT2D eigenvalue weighted by atomic mass is 79.9. The Kier molecular flexibility index (Phi) is 4.68. The van der Waals surface area contributed by atoms with Crippen LogP contribution in [0.1, 0.15) is 51.2 Å². The number of hydrogen-bond acceptors (Lipinski definition) is 2. The van der Waals surface area contributed by atoms with E-state index in [0.717, 1.165) is 16.6 Å². The molecule has 0 aromatic heterocycles. The van der Waals surface area contributed by atoms with Crippen molar-refractivity contribution in [2.45, 2.75) is 51.7 Å². The van der Waals surface area contributed by atoms with E-state index in [4.69, 9.17) is 0 Å². The molecule has 1 aromatic rings. The number of hydrogen-bond donors (Lipinski definition) is 1. The maximum Gasteiger partial charge on any atom is 0.0772 e. The first-order chi connectivity index (χ1) is 8.63. The second-order valence-corrected chi connectivity index (χ2v) is 5.99. The Morgan fingerprint density at radius 3 is 2.83 bits per heavy atom. The summed E-state index contributed by atoms with van der Waals surface area (Å²) in [7, 11) is 0. The molecule has 0 radical (unpaired) electrons. The molecule has 100 valence electrons. The highest BCUT2D eigenvalue weighted by Gasteiger charge is 2.21. The van der Waals surface area contributed by atoms with Crippen LogP contribution in [0.15, 0.2) is 22.7 Å². The van der Waals surface area contributed by atoms with E-state index in [1.165, 1.54) is 31.4 Å². The first-order valence-electron chi connectivity index (χ1n) is 6.87. The molecule has 2 nitrogen and oxygen atoms in total. The summed E-state index contributed by atoms with van der Waals surface area (Å²) >= 11 is 3.57. The molecule has 2 atom stereocenters. The van der Waals surface area contributed by atoms with Crippen molar-refractivity contribution in [2.24, 2.45) is 0 Å². The number of anilines is 1. The molecule has 1 heterocycles. The molecule has 2 rings (SSSR count). The number of rotatable bonds is 3. The average molecular weight is 312 g/mol. The van der Waals surface area contributed by atoms with Crippen LogP contribution in [0.5, 0.6) is 0 Å². The van der Waals surface area contributed by atoms with Gasteiger partial charge in [-0.3, -0.25) is 0 Å². The molecule has 2 unspecified atom stereocenters. The number of halogens is 1. The standard InChI is InChI=1S/C15H22BrNO/c1-3-12-6-4-5-9-17(12)13-7-8-14(11(2)18)15(16)10-13/h7-8,10-12,18H,3-6,9H2,1-2H3. The first kappa shape index (κ1) is 13.9. The molecule has 1 fully saturated rings. The minimum Gasteiger partial charge on any atom is -0.389 e. The summed E-state index contributed by atoms with van der Waals surface area (Å²) in [6.45, 7) is 5.22. The van der Waals surface area contributed by atoms with Crippen LogP contribution < -0.4 is 4.90 Å². The Bertz CT molecular complexity index is 405. The number of benzene rings is 1. The Labute approximate surface area is 118 Å². The summed E-state index contributed by atoms with van der Waals surface area (Å²) in [4.78, 5) is 2.51. The van der Waals surface area contributed by atoms with Crippen LogP contribution in [0.2, 0.25) is 0 Å². The van der Waals surface area contributed by atoms with Crippen LogP contribution in [0.25, 0.3) is 0 Å². The second-order valence-electron chi connectivity index (χ2n) is 5.13. The van der Waals surface area contributed by atoms with Crippen molar-refractivity contribution in [3.63, 3.8) is 0 Å². The lowest BCUT2D eigenvalue weighted by atomic mass is 9.98. The minimum atomic E-state index is -0.420. The lowest BCUT2D eigenvalue weighted by molar-refractivity contribution is 0.198. The summed E-state index contributed by atoms with van der Waals surface area (Å²) in [6.07, 6.45) is 4.72. The van der Waals surface area contributed by atoms with Crippen molar-refractivity contribution in [1.29, 1.82) is 0 Å². The maximum atomic E-state index is 9.66. The zero-order valence-electron chi connectivity index (χ0n) is 11.2. The highest BCUT2D eigenvalue weighted by molar-refractivity contribution is 9.10. The Hall–Kier alpha value is -0.540. The van der Waals surface area contributed by atoms with E-state index in [-0.39, 0.29) is 0 Å². The van der Waals surface area contributed by atoms with Crippen LogP contribution in [0.4, 0.5) is 5.69 Å². The van der Waals surface area contributed by atoms with Gasteiger partial charge in [-0.1, -0.05) is 28.9 Å². The zero-order valence-corrected chi connectivity index (χ0v) is 12.8. The molecular formula is C15H22BrNO. The van der Waals surface area contributed by atoms with Gasteiger partial charge < -0.3 is 10.0 Å². The van der Waals surface area contributed by atoms with E-state index < -0.39 is 6.10 Å². The van der Waals surface area contributed by atoms with Gasteiger partial charge in [0.1, 0.15) is 0 Å². The number of aliphatic hydroxyl groups is 1. The smallest absolute Gasteiger partial charge is 0.0772 e. The van der Waals surface area contributed by atoms with Crippen molar-refractivity contribution in [3.05, 3.63) is 28.2 Å². The third-order valence-electron chi connectivity index (χ3n) is 3.86. The van der Waals surface area contributed by atoms with Crippen LogP contribution in [-0.4, -0.2) is 17.7 Å². The first-order valence-corrected chi connectivity index (χ1v) is 7.67. The van der Waals surface area contributed by atoms with Gasteiger partial charge in [-0.05, 0) is 50.3 Å². The van der Waals surface area contributed by atoms with Crippen molar-refractivity contribution in [3.8, 4) is 0 Å². The van der Waals surface area contributed by atoms with Crippen molar-refractivity contribution in [2.75, 3.05) is 11.4 Å². The predicted octanol–water partition coefficient (Wildman–Crippen LogP) is 4.27. The third-order valence-corrected chi connectivity index (χ3v) is 4.55. The normalized spacial score (nSPS) is 22.0. The van der Waals surface area contributed by atoms with Crippen LogP contribution >= 0.6 is 15.9 Å². The quantitative estimate of drug-likeness (QED) is 0.901. The van der Waals surface area contributed by atoms with E-state index in [2.05, 4.69) is 39.9 Å². The highest BCUT2D eigenvalue weighted by Crippen LogP contribution is 2.32. The molecule has 0 spiro atoms. The molecule has 1 aliphatic heterocycles. The van der Waals surface area contributed by atoms with E-state index in [9.17, 15) is 5.11 Å². The van der Waals surface area contributed by atoms with Crippen LogP contribution in [-0.2, 0) is 0 Å². The van der Waals surface area contributed by atoms with Crippen LogP contribution in [0, 0.1) is 0 Å². The van der Waals surface area contributed by atoms with Gasteiger partial charge in [0.05, 0.1) is 6.10 Å². The van der Waals surface area contributed by atoms with E-state index in [1.54, 1.807) is 6.92 Å². The Morgan fingerprint density at radius 2 is 2.22 bits per heavy atom. The molecule has 18 heavy (non-hydrogen) atoms. The lowest BCUT2D eigenvalue weighted by Crippen LogP contribution is -2.39. The fourth-order valence-electron chi connectivity index (χ4n) is 2.80. The monoisotopic (exact) mass is 311 g/mol. The molecular weight excluding hydrogens is 290 g/mol. The van der Waals surface area contributed by atoms with Gasteiger partial charge in [-0.25, -0.2) is 0 Å². The SMILES string of the molecule is CCC1CCCCN1c1ccc(C(C)O)c(Br)c1. The topological polar surface area (TPSA) is 23.5 Å². The average Bonchev–Trinajstić information content (AvgIpc) is 2.38. The molecule has 0 amide bonds. The fourth-order valence-corrected chi connectivity index (χ4v) is 3.50. The van der Waals surface area contributed by atoms with Crippen molar-refractivity contribution in [1.82, 2.24) is 0 Å². The fraction of sp³-hybridized carbons (Fsp3) is 0.600. The molecule has 1 saturated heterocycles. The lowest BCUT2D eigenvalue weighted by Gasteiger charge is -2.37. The van der Waals surface area contributed by atoms with E-state index in [1.807, 2.05) is 6.07 Å². The van der Waals surface area contributed by atoms with Crippen molar-refractivity contribution >= 4 is 21.6 Å². The van der Waals surface area contributed by atoms with E-state index in [0.29, 0.717) is 6.04 Å². The summed E-state index contributed by atoms with van der Waals surface area (Å²) in [5.74, 6) is 0. The summed E-state index contributed by atoms with van der Waals surface area (Å²) < 4.78 is 1.01. The van der Waals surface area contributed by atoms with Crippen molar-refractivity contribution < 1.29 is 5.11 Å². The largest absolute Gasteiger partial charge is 0.389 e. The minimum absolute atomic E-state index is 0.420. The molecule has 1 aromatic carbocycles. The van der Waals surface area contributed by atoms with Crippen LogP contribution in [0.3, 0.4) is 0 Å². The van der Waals surface area contributed by atoms with Gasteiger partial charge in [0.15, 0.2) is 0 Å². The molecule has 0 saturated carbocycles. The Balaban J connectivity index is 2.24. The summed E-state index contributed by atoms with van der Waals surface area (Å²) in [6, 6.07) is 6.99. The van der Waals surface area contributed by atoms with Gasteiger partial charge >= 0.3 is 0 Å². The number of piperidine rings is 1. The Morgan fingerprint density at radius 1 is 1.44 bits per heavy atom. The molecule has 3 heteroatoms. The molecule has 0 bridgehead atoms. The summed E-state index contributed by atoms with van der Waals surface area (Å²) in [5.41, 5.74) is 2.24. The van der Waals surface area contributed by atoms with Gasteiger partial charge in [-0.15, -0.1) is 0 Å². The maximum absolute atomic E-state index is 9.66. The molecule has 0 aliphatic carbocycles. The molecule has 1 N–H and O–H groups in total. The predicted molar refractivity (Wildman–Crippen MR) is 80.1 cm³/mol. The van der Waals surface area contributed by atoms with E-state index >= 15 is 0 Å². The molecule has 1 aliphatic rings. The third kappa shape index (κ3) is 2.89. The van der Waals surface area contributed by atoms with Gasteiger partial charge in [0.25, 0.3) is 0 Å². The second kappa shape index (κ2) is 6.07. The van der Waals surface area contributed by atoms with Gasteiger partial charge in [0.2, 0.25) is 0 Å². The van der Waals surface area contributed by atoms with Gasteiger partial charge in [-0.2, -0.15) is 0 Å². The number of aliphatic hydroxyl groups excluding tert-OH is 1. The van der Waals surface area contributed by atoms with Gasteiger partial charge in [0, 0.05) is 22.7 Å². The number of nitrogens with zero attached hydrogens (tertiary/aromatic N) is 1. The zero-order chi connectivity index (χ0) is 13.1. The summed E-state index contributed by atoms with van der Waals surface area (Å²) in [5, 5.41) is 9.66.